The molecule has 0 radical (unpaired) electrons. The summed E-state index contributed by atoms with van der Waals surface area (Å²) in [6, 6.07) is 10.8. The van der Waals surface area contributed by atoms with E-state index in [1.54, 1.807) is 14.1 Å². The van der Waals surface area contributed by atoms with Crippen molar-refractivity contribution in [3.8, 4) is 0 Å². The molecule has 0 aliphatic rings. The van der Waals surface area contributed by atoms with E-state index in [0.717, 1.165) is 17.7 Å². The van der Waals surface area contributed by atoms with Crippen LogP contribution in [0.1, 0.15) is 5.56 Å². The van der Waals surface area contributed by atoms with Crippen LogP contribution in [0.15, 0.2) is 48.5 Å². The first-order chi connectivity index (χ1) is 11.9. The van der Waals surface area contributed by atoms with Crippen molar-refractivity contribution in [1.29, 1.82) is 0 Å². The molecule has 2 N–H and O–H groups in total. The number of benzene rings is 2. The highest BCUT2D eigenvalue weighted by atomic mass is 19.2. The average Bonchev–Trinajstić information content (AvgIpc) is 2.57. The minimum Gasteiger partial charge on any atom is -0.347 e. The highest BCUT2D eigenvalue weighted by Crippen LogP contribution is 2.13. The number of hydrogen-bond acceptors (Lipinski definition) is 2. The molecule has 25 heavy (non-hydrogen) atoms. The van der Waals surface area contributed by atoms with Gasteiger partial charge in [-0.3, -0.25) is 4.79 Å². The van der Waals surface area contributed by atoms with Gasteiger partial charge in [0.1, 0.15) is 6.04 Å². The number of nitrogens with one attached hydrogen (secondary N) is 2. The van der Waals surface area contributed by atoms with Gasteiger partial charge in [0.15, 0.2) is 11.6 Å². The number of urea groups is 1. The van der Waals surface area contributed by atoms with E-state index in [-0.39, 0.29) is 11.6 Å². The fourth-order valence-corrected chi connectivity index (χ4v) is 2.26. The number of anilines is 1. The van der Waals surface area contributed by atoms with Crippen LogP contribution in [0.5, 0.6) is 0 Å². The van der Waals surface area contributed by atoms with Gasteiger partial charge in [-0.2, -0.15) is 0 Å². The Bertz CT molecular complexity index is 751. The van der Waals surface area contributed by atoms with Gasteiger partial charge in [0.25, 0.3) is 0 Å². The highest BCUT2D eigenvalue weighted by Gasteiger charge is 2.23. The predicted molar refractivity (Wildman–Crippen MR) is 91.1 cm³/mol. The Labute approximate surface area is 144 Å². The highest BCUT2D eigenvalue weighted by molar-refractivity contribution is 5.93. The van der Waals surface area contributed by atoms with Crippen molar-refractivity contribution in [2.24, 2.45) is 0 Å². The zero-order chi connectivity index (χ0) is 18.4. The molecule has 3 amide bonds. The van der Waals surface area contributed by atoms with E-state index in [2.05, 4.69) is 10.6 Å². The minimum absolute atomic E-state index is 0.0900. The summed E-state index contributed by atoms with van der Waals surface area (Å²) in [5, 5.41) is 4.96. The summed E-state index contributed by atoms with van der Waals surface area (Å²) in [7, 11) is 3.19. The van der Waals surface area contributed by atoms with Crippen molar-refractivity contribution in [2.75, 3.05) is 19.4 Å². The number of rotatable bonds is 5. The number of amides is 3. The SMILES string of the molecule is CN(C)C(=O)C(Cc1ccccc1)NC(=O)Nc1ccc(F)c(F)c1. The van der Waals surface area contributed by atoms with Gasteiger partial charge in [-0.25, -0.2) is 13.6 Å². The molecule has 2 aromatic rings. The lowest BCUT2D eigenvalue weighted by Crippen LogP contribution is -2.48. The van der Waals surface area contributed by atoms with Gasteiger partial charge in [0.05, 0.1) is 0 Å². The molecule has 2 rings (SSSR count). The lowest BCUT2D eigenvalue weighted by Gasteiger charge is -2.22. The third-order valence-corrected chi connectivity index (χ3v) is 3.50. The van der Waals surface area contributed by atoms with Crippen LogP contribution in [0.3, 0.4) is 0 Å². The monoisotopic (exact) mass is 347 g/mol. The first-order valence-electron chi connectivity index (χ1n) is 7.64. The summed E-state index contributed by atoms with van der Waals surface area (Å²) < 4.78 is 26.1. The normalized spacial score (nSPS) is 11.5. The number of nitrogens with zero attached hydrogens (tertiary/aromatic N) is 1. The average molecular weight is 347 g/mol. The fourth-order valence-electron chi connectivity index (χ4n) is 2.26. The van der Waals surface area contributed by atoms with Gasteiger partial charge in [0, 0.05) is 32.3 Å². The summed E-state index contributed by atoms with van der Waals surface area (Å²) >= 11 is 0. The summed E-state index contributed by atoms with van der Waals surface area (Å²) in [5.74, 6) is -2.34. The molecule has 132 valence electrons. The number of hydrogen-bond donors (Lipinski definition) is 2. The molecular formula is C18H19F2N3O2. The van der Waals surface area contributed by atoms with E-state index in [9.17, 15) is 18.4 Å². The molecule has 2 aromatic carbocycles. The molecule has 0 saturated heterocycles. The topological polar surface area (TPSA) is 61.4 Å². The Kier molecular flexibility index (Phi) is 6.05. The lowest BCUT2D eigenvalue weighted by atomic mass is 10.1. The second-order valence-corrected chi connectivity index (χ2v) is 5.70. The molecular weight excluding hydrogens is 328 g/mol. The standard InChI is InChI=1S/C18H19F2N3O2/c1-23(2)17(24)16(10-12-6-4-3-5-7-12)22-18(25)21-13-8-9-14(19)15(20)11-13/h3-9,11,16H,10H2,1-2H3,(H2,21,22,25). The van der Waals surface area contributed by atoms with Gasteiger partial charge >= 0.3 is 6.03 Å². The Morgan fingerprint density at radius 2 is 1.72 bits per heavy atom. The molecule has 1 atom stereocenters. The molecule has 0 spiro atoms. The van der Waals surface area contributed by atoms with E-state index in [1.807, 2.05) is 30.3 Å². The molecule has 0 aromatic heterocycles. The van der Waals surface area contributed by atoms with Crippen molar-refractivity contribution in [3.05, 3.63) is 65.7 Å². The van der Waals surface area contributed by atoms with Crippen LogP contribution in [0.2, 0.25) is 0 Å². The van der Waals surface area contributed by atoms with Crippen molar-refractivity contribution in [1.82, 2.24) is 10.2 Å². The first kappa shape index (κ1) is 18.4. The van der Waals surface area contributed by atoms with Crippen LogP contribution < -0.4 is 10.6 Å². The Morgan fingerprint density at radius 1 is 1.04 bits per heavy atom. The zero-order valence-corrected chi connectivity index (χ0v) is 13.9. The maximum atomic E-state index is 13.2. The van der Waals surface area contributed by atoms with E-state index < -0.39 is 23.7 Å². The van der Waals surface area contributed by atoms with Crippen LogP contribution in [0.25, 0.3) is 0 Å². The quantitative estimate of drug-likeness (QED) is 0.874. The van der Waals surface area contributed by atoms with Gasteiger partial charge in [-0.1, -0.05) is 30.3 Å². The van der Waals surface area contributed by atoms with Gasteiger partial charge in [-0.15, -0.1) is 0 Å². The molecule has 1 unspecified atom stereocenters. The second-order valence-electron chi connectivity index (χ2n) is 5.70. The van der Waals surface area contributed by atoms with Crippen LogP contribution in [-0.4, -0.2) is 37.0 Å². The van der Waals surface area contributed by atoms with E-state index >= 15 is 0 Å². The largest absolute Gasteiger partial charge is 0.347 e. The molecule has 0 heterocycles. The van der Waals surface area contributed by atoms with Crippen LogP contribution >= 0.6 is 0 Å². The zero-order valence-electron chi connectivity index (χ0n) is 13.9. The number of carbonyl (C=O) groups excluding carboxylic acids is 2. The molecule has 0 fully saturated rings. The Hall–Kier alpha value is -2.96. The van der Waals surface area contributed by atoms with Crippen LogP contribution in [0.4, 0.5) is 19.3 Å². The second kappa shape index (κ2) is 8.23. The van der Waals surface area contributed by atoms with E-state index in [1.165, 1.54) is 11.0 Å². The third kappa shape index (κ3) is 5.27. The van der Waals surface area contributed by atoms with Crippen molar-refractivity contribution in [3.63, 3.8) is 0 Å². The third-order valence-electron chi connectivity index (χ3n) is 3.50. The van der Waals surface area contributed by atoms with Crippen LogP contribution in [0, 0.1) is 11.6 Å². The van der Waals surface area contributed by atoms with E-state index in [4.69, 9.17) is 0 Å². The molecule has 7 heteroatoms. The van der Waals surface area contributed by atoms with Gasteiger partial charge in [-0.05, 0) is 17.7 Å². The first-order valence-corrected chi connectivity index (χ1v) is 7.64. The van der Waals surface area contributed by atoms with Crippen molar-refractivity contribution >= 4 is 17.6 Å². The molecule has 5 nitrogen and oxygen atoms in total. The summed E-state index contributed by atoms with van der Waals surface area (Å²) in [5.41, 5.74) is 0.975. The van der Waals surface area contributed by atoms with Crippen LogP contribution in [-0.2, 0) is 11.2 Å². The fraction of sp³-hybridized carbons (Fsp3) is 0.222. The Morgan fingerprint density at radius 3 is 2.32 bits per heavy atom. The molecule has 0 saturated carbocycles. The lowest BCUT2D eigenvalue weighted by molar-refractivity contribution is -0.130. The minimum atomic E-state index is -1.07. The smallest absolute Gasteiger partial charge is 0.319 e. The Balaban J connectivity index is 2.08. The maximum absolute atomic E-state index is 13.2. The van der Waals surface area contributed by atoms with Gasteiger partial charge in [0.2, 0.25) is 5.91 Å². The van der Waals surface area contributed by atoms with E-state index in [0.29, 0.717) is 6.42 Å². The molecule has 0 aliphatic heterocycles. The van der Waals surface area contributed by atoms with Crippen molar-refractivity contribution in [2.45, 2.75) is 12.5 Å². The maximum Gasteiger partial charge on any atom is 0.319 e. The summed E-state index contributed by atoms with van der Waals surface area (Å²) in [4.78, 5) is 25.8. The number of carbonyl (C=O) groups is 2. The summed E-state index contributed by atoms with van der Waals surface area (Å²) in [6.45, 7) is 0. The van der Waals surface area contributed by atoms with Crippen molar-refractivity contribution < 1.29 is 18.4 Å². The predicted octanol–water partition coefficient (Wildman–Crippen LogP) is 2.79. The number of halogens is 2. The summed E-state index contributed by atoms with van der Waals surface area (Å²) in [6.07, 6.45) is 0.309. The molecule has 0 aliphatic carbocycles. The number of likely N-dealkylation sites (N-methyl/N-ethyl adjacent to an activating group) is 1. The molecule has 0 bridgehead atoms. The van der Waals surface area contributed by atoms with Gasteiger partial charge < -0.3 is 15.5 Å².